The van der Waals surface area contributed by atoms with Crippen molar-refractivity contribution in [2.45, 2.75) is 13.5 Å². The Labute approximate surface area is 114 Å². The van der Waals surface area contributed by atoms with E-state index in [0.29, 0.717) is 10.7 Å². The predicted octanol–water partition coefficient (Wildman–Crippen LogP) is 2.77. The summed E-state index contributed by atoms with van der Waals surface area (Å²) >= 11 is 5.79. The van der Waals surface area contributed by atoms with Crippen molar-refractivity contribution in [3.05, 3.63) is 73.1 Å². The lowest BCUT2D eigenvalue weighted by Gasteiger charge is -2.09. The number of benzene rings is 1. The Morgan fingerprint density at radius 3 is 2.42 bits per heavy atom. The van der Waals surface area contributed by atoms with Crippen molar-refractivity contribution < 1.29 is 4.92 Å². The highest BCUT2D eigenvalue weighted by Gasteiger charge is 2.15. The number of pyridine rings is 1. The van der Waals surface area contributed by atoms with Crippen molar-refractivity contribution in [2.75, 3.05) is 0 Å². The van der Waals surface area contributed by atoms with Gasteiger partial charge in [0.2, 0.25) is 0 Å². The van der Waals surface area contributed by atoms with E-state index in [2.05, 4.69) is 0 Å². The quantitative estimate of drug-likeness (QED) is 0.640. The fourth-order valence-electron chi connectivity index (χ4n) is 1.77. The van der Waals surface area contributed by atoms with Gasteiger partial charge in [0.1, 0.15) is 0 Å². The van der Waals surface area contributed by atoms with Crippen LogP contribution in [0.15, 0.2) is 41.2 Å². The van der Waals surface area contributed by atoms with Crippen LogP contribution in [0.2, 0.25) is 5.02 Å². The molecule has 0 aliphatic carbocycles. The van der Waals surface area contributed by atoms with Gasteiger partial charge in [-0.2, -0.15) is 0 Å². The molecule has 0 saturated heterocycles. The van der Waals surface area contributed by atoms with Gasteiger partial charge in [-0.25, -0.2) is 0 Å². The molecule has 5 nitrogen and oxygen atoms in total. The minimum absolute atomic E-state index is 0.281. The van der Waals surface area contributed by atoms with Gasteiger partial charge in [-0.1, -0.05) is 23.7 Å². The maximum Gasteiger partial charge on any atom is 0.334 e. The Morgan fingerprint density at radius 1 is 1.21 bits per heavy atom. The third-order valence-electron chi connectivity index (χ3n) is 2.82. The largest absolute Gasteiger partial charge is 0.334 e. The van der Waals surface area contributed by atoms with Gasteiger partial charge >= 0.3 is 11.2 Å². The number of nitrogens with zero attached hydrogens (tertiary/aromatic N) is 2. The highest BCUT2D eigenvalue weighted by Crippen LogP contribution is 2.12. The molecular weight excluding hydrogens is 268 g/mol. The van der Waals surface area contributed by atoms with Crippen LogP contribution in [-0.2, 0) is 6.54 Å². The van der Waals surface area contributed by atoms with Crippen molar-refractivity contribution >= 4 is 17.3 Å². The molecule has 6 heteroatoms. The average molecular weight is 279 g/mol. The zero-order valence-corrected chi connectivity index (χ0v) is 10.9. The summed E-state index contributed by atoms with van der Waals surface area (Å²) in [4.78, 5) is 22.1. The molecule has 1 aromatic carbocycles. The van der Waals surface area contributed by atoms with E-state index >= 15 is 0 Å². The lowest BCUT2D eigenvalue weighted by molar-refractivity contribution is -0.386. The molecule has 2 rings (SSSR count). The summed E-state index contributed by atoms with van der Waals surface area (Å²) in [6.45, 7) is 2.02. The monoisotopic (exact) mass is 278 g/mol. The topological polar surface area (TPSA) is 65.1 Å². The Kier molecular flexibility index (Phi) is 3.66. The molecule has 0 atom stereocenters. The van der Waals surface area contributed by atoms with Crippen LogP contribution in [-0.4, -0.2) is 9.49 Å². The van der Waals surface area contributed by atoms with Crippen LogP contribution in [0.1, 0.15) is 11.3 Å². The van der Waals surface area contributed by atoms with Gasteiger partial charge in [-0.05, 0) is 30.7 Å². The van der Waals surface area contributed by atoms with Crippen LogP contribution < -0.4 is 5.56 Å². The van der Waals surface area contributed by atoms with E-state index in [1.807, 2.05) is 0 Å². The van der Waals surface area contributed by atoms with Crippen molar-refractivity contribution in [3.63, 3.8) is 0 Å². The first-order chi connectivity index (χ1) is 8.99. The summed E-state index contributed by atoms with van der Waals surface area (Å²) < 4.78 is 1.38. The number of halogens is 1. The second kappa shape index (κ2) is 5.24. The second-order valence-electron chi connectivity index (χ2n) is 4.13. The van der Waals surface area contributed by atoms with Crippen molar-refractivity contribution in [3.8, 4) is 0 Å². The molecule has 1 aromatic heterocycles. The SMILES string of the molecule is Cc1ccc([N+](=O)[O-])c(=O)n1Cc1ccc(Cl)cc1. The fourth-order valence-corrected chi connectivity index (χ4v) is 1.89. The molecule has 98 valence electrons. The first kappa shape index (κ1) is 13.3. The maximum atomic E-state index is 12.0. The molecule has 0 aliphatic heterocycles. The summed E-state index contributed by atoms with van der Waals surface area (Å²) in [5, 5.41) is 11.4. The molecule has 0 spiro atoms. The van der Waals surface area contributed by atoms with Crippen LogP contribution in [0.5, 0.6) is 0 Å². The lowest BCUT2D eigenvalue weighted by Crippen LogP contribution is -2.24. The molecule has 2 aromatic rings. The first-order valence-electron chi connectivity index (χ1n) is 5.58. The fraction of sp³-hybridized carbons (Fsp3) is 0.154. The van der Waals surface area contributed by atoms with Crippen LogP contribution >= 0.6 is 11.6 Å². The molecule has 0 fully saturated rings. The van der Waals surface area contributed by atoms with E-state index in [1.54, 1.807) is 37.3 Å². The van der Waals surface area contributed by atoms with E-state index in [1.165, 1.54) is 10.6 Å². The number of hydrogen-bond acceptors (Lipinski definition) is 3. The van der Waals surface area contributed by atoms with Crippen molar-refractivity contribution in [1.82, 2.24) is 4.57 Å². The van der Waals surface area contributed by atoms with E-state index in [-0.39, 0.29) is 6.54 Å². The highest BCUT2D eigenvalue weighted by atomic mass is 35.5. The van der Waals surface area contributed by atoms with Gasteiger partial charge in [0.15, 0.2) is 0 Å². The van der Waals surface area contributed by atoms with Gasteiger partial charge in [0, 0.05) is 16.8 Å². The average Bonchev–Trinajstić information content (AvgIpc) is 2.36. The number of aryl methyl sites for hydroxylation is 1. The van der Waals surface area contributed by atoms with Gasteiger partial charge in [-0.15, -0.1) is 0 Å². The molecule has 0 bridgehead atoms. The van der Waals surface area contributed by atoms with Crippen LogP contribution in [0.25, 0.3) is 0 Å². The summed E-state index contributed by atoms with van der Waals surface area (Å²) in [6, 6.07) is 9.80. The lowest BCUT2D eigenvalue weighted by atomic mass is 10.2. The zero-order chi connectivity index (χ0) is 14.0. The molecule has 19 heavy (non-hydrogen) atoms. The van der Waals surface area contributed by atoms with Crippen LogP contribution in [0.3, 0.4) is 0 Å². The molecule has 0 N–H and O–H groups in total. The number of hydrogen-bond donors (Lipinski definition) is 0. The Morgan fingerprint density at radius 2 is 1.84 bits per heavy atom. The molecule has 0 aliphatic rings. The first-order valence-corrected chi connectivity index (χ1v) is 5.96. The standard InChI is InChI=1S/C13H11ClN2O3/c1-9-2-7-12(16(18)19)13(17)15(9)8-10-3-5-11(14)6-4-10/h2-7H,8H2,1H3. The Bertz CT molecular complexity index is 677. The summed E-state index contributed by atoms with van der Waals surface area (Å²) in [6.07, 6.45) is 0. The number of nitro groups is 1. The highest BCUT2D eigenvalue weighted by molar-refractivity contribution is 6.30. The summed E-state index contributed by atoms with van der Waals surface area (Å²) in [7, 11) is 0. The van der Waals surface area contributed by atoms with Crippen LogP contribution in [0.4, 0.5) is 5.69 Å². The maximum absolute atomic E-state index is 12.0. The number of rotatable bonds is 3. The molecular formula is C13H11ClN2O3. The van der Waals surface area contributed by atoms with E-state index < -0.39 is 16.2 Å². The number of aromatic nitrogens is 1. The zero-order valence-electron chi connectivity index (χ0n) is 10.2. The minimum Gasteiger partial charge on any atom is -0.303 e. The smallest absolute Gasteiger partial charge is 0.303 e. The van der Waals surface area contributed by atoms with Crippen LogP contribution in [0, 0.1) is 17.0 Å². The predicted molar refractivity (Wildman–Crippen MR) is 72.6 cm³/mol. The Balaban J connectivity index is 2.45. The molecule has 0 radical (unpaired) electrons. The van der Waals surface area contributed by atoms with Crippen molar-refractivity contribution in [1.29, 1.82) is 0 Å². The molecule has 0 unspecified atom stereocenters. The summed E-state index contributed by atoms with van der Waals surface area (Å²) in [5.41, 5.74) is 0.514. The third kappa shape index (κ3) is 2.82. The van der Waals surface area contributed by atoms with Gasteiger partial charge in [0.25, 0.3) is 0 Å². The van der Waals surface area contributed by atoms with E-state index in [0.717, 1.165) is 5.56 Å². The third-order valence-corrected chi connectivity index (χ3v) is 3.08. The van der Waals surface area contributed by atoms with Gasteiger partial charge < -0.3 is 4.57 Å². The van der Waals surface area contributed by atoms with E-state index in [9.17, 15) is 14.9 Å². The minimum atomic E-state index is -0.667. The molecule has 1 heterocycles. The van der Waals surface area contributed by atoms with Gasteiger partial charge in [-0.3, -0.25) is 14.9 Å². The molecule has 0 amide bonds. The second-order valence-corrected chi connectivity index (χ2v) is 4.57. The van der Waals surface area contributed by atoms with E-state index in [4.69, 9.17) is 11.6 Å². The summed E-state index contributed by atoms with van der Waals surface area (Å²) in [5.74, 6) is 0. The normalized spacial score (nSPS) is 10.4. The van der Waals surface area contributed by atoms with Crippen molar-refractivity contribution in [2.24, 2.45) is 0 Å². The van der Waals surface area contributed by atoms with Gasteiger partial charge in [0.05, 0.1) is 11.5 Å². The Hall–Kier alpha value is -2.14. The molecule has 0 saturated carbocycles.